The Balaban J connectivity index is 1.83. The van der Waals surface area contributed by atoms with E-state index in [1.165, 1.54) is 31.0 Å². The molecule has 0 aliphatic carbocycles. The van der Waals surface area contributed by atoms with E-state index in [1.807, 2.05) is 24.3 Å². The van der Waals surface area contributed by atoms with E-state index in [0.717, 1.165) is 24.2 Å². The second kappa shape index (κ2) is 6.64. The van der Waals surface area contributed by atoms with E-state index >= 15 is 0 Å². The molecule has 1 atom stereocenters. The molecule has 25 heavy (non-hydrogen) atoms. The standard InChI is InChI=1S/C19H20N4O2/c24-23(25)17-13-20-12-15-11-16(21-18(15)17)19(14-7-3-1-4-8-14)22-9-5-2-6-10-22/h1,3-4,7-8,11-13,19,21H,2,5-6,9-10H2. The van der Waals surface area contributed by atoms with E-state index in [4.69, 9.17) is 0 Å². The molecule has 2 aromatic heterocycles. The third-order valence-corrected chi connectivity index (χ3v) is 4.90. The lowest BCUT2D eigenvalue weighted by atomic mass is 9.99. The summed E-state index contributed by atoms with van der Waals surface area (Å²) < 4.78 is 0. The summed E-state index contributed by atoms with van der Waals surface area (Å²) >= 11 is 0. The number of benzene rings is 1. The van der Waals surface area contributed by atoms with Gasteiger partial charge in [-0.15, -0.1) is 0 Å². The number of rotatable bonds is 4. The molecule has 0 amide bonds. The minimum atomic E-state index is -0.381. The number of aromatic nitrogens is 2. The van der Waals surface area contributed by atoms with Crippen molar-refractivity contribution in [1.82, 2.24) is 14.9 Å². The fourth-order valence-corrected chi connectivity index (χ4v) is 3.74. The summed E-state index contributed by atoms with van der Waals surface area (Å²) in [6, 6.07) is 12.4. The lowest BCUT2D eigenvalue weighted by molar-refractivity contribution is -0.383. The van der Waals surface area contributed by atoms with Crippen LogP contribution in [0.15, 0.2) is 48.8 Å². The number of nitrogens with one attached hydrogen (secondary N) is 1. The van der Waals surface area contributed by atoms with E-state index in [9.17, 15) is 10.1 Å². The average molecular weight is 336 g/mol. The van der Waals surface area contributed by atoms with Crippen molar-refractivity contribution < 1.29 is 4.92 Å². The first-order valence-electron chi connectivity index (χ1n) is 8.64. The number of fused-ring (bicyclic) bond motifs is 1. The van der Waals surface area contributed by atoms with Crippen LogP contribution in [0, 0.1) is 10.1 Å². The topological polar surface area (TPSA) is 75.1 Å². The molecule has 1 aliphatic heterocycles. The zero-order valence-electron chi connectivity index (χ0n) is 13.9. The molecule has 1 unspecified atom stereocenters. The van der Waals surface area contributed by atoms with E-state index in [1.54, 1.807) is 6.20 Å². The van der Waals surface area contributed by atoms with Crippen molar-refractivity contribution in [2.75, 3.05) is 13.1 Å². The predicted molar refractivity (Wildman–Crippen MR) is 96.5 cm³/mol. The summed E-state index contributed by atoms with van der Waals surface area (Å²) in [6.45, 7) is 2.07. The normalized spacial score (nSPS) is 16.8. The maximum Gasteiger partial charge on any atom is 0.311 e. The average Bonchev–Trinajstić information content (AvgIpc) is 3.07. The zero-order chi connectivity index (χ0) is 17.2. The maximum absolute atomic E-state index is 11.3. The molecule has 4 rings (SSSR count). The van der Waals surface area contributed by atoms with Crippen molar-refractivity contribution >= 4 is 16.6 Å². The van der Waals surface area contributed by atoms with E-state index in [2.05, 4.69) is 27.0 Å². The van der Waals surface area contributed by atoms with Gasteiger partial charge < -0.3 is 4.98 Å². The lowest BCUT2D eigenvalue weighted by Crippen LogP contribution is -2.34. The van der Waals surface area contributed by atoms with Crippen LogP contribution in [0.4, 0.5) is 5.69 Å². The molecule has 0 saturated carbocycles. The fraction of sp³-hybridized carbons (Fsp3) is 0.316. The predicted octanol–water partition coefficient (Wildman–Crippen LogP) is 4.05. The van der Waals surface area contributed by atoms with Crippen molar-refractivity contribution in [2.45, 2.75) is 25.3 Å². The Morgan fingerprint density at radius 1 is 1.12 bits per heavy atom. The van der Waals surface area contributed by atoms with Crippen LogP contribution in [0.25, 0.3) is 10.9 Å². The highest BCUT2D eigenvalue weighted by Crippen LogP contribution is 2.34. The molecule has 1 aliphatic rings. The third-order valence-electron chi connectivity index (χ3n) is 4.90. The van der Waals surface area contributed by atoms with Gasteiger partial charge in [-0.3, -0.25) is 20.0 Å². The number of nitro groups is 1. The SMILES string of the molecule is O=[N+]([O-])c1cncc2cc(C(c3ccccc3)N3CCCCC3)[nH]c12. The van der Waals surface area contributed by atoms with E-state index in [0.29, 0.717) is 5.52 Å². The maximum atomic E-state index is 11.3. The first-order valence-corrected chi connectivity index (χ1v) is 8.64. The molecule has 0 spiro atoms. The van der Waals surface area contributed by atoms with Crippen LogP contribution >= 0.6 is 0 Å². The molecule has 1 N–H and O–H groups in total. The third kappa shape index (κ3) is 3.00. The second-order valence-corrected chi connectivity index (χ2v) is 6.51. The highest BCUT2D eigenvalue weighted by molar-refractivity contribution is 5.87. The monoisotopic (exact) mass is 336 g/mol. The molecule has 0 radical (unpaired) electrons. The molecule has 0 bridgehead atoms. The summed E-state index contributed by atoms with van der Waals surface area (Å²) in [6.07, 6.45) is 6.62. The number of likely N-dealkylation sites (tertiary alicyclic amines) is 1. The number of hydrogen-bond donors (Lipinski definition) is 1. The molecule has 6 nitrogen and oxygen atoms in total. The van der Waals surface area contributed by atoms with Crippen LogP contribution in [-0.2, 0) is 0 Å². The van der Waals surface area contributed by atoms with Gasteiger partial charge in [-0.05, 0) is 37.6 Å². The first-order chi connectivity index (χ1) is 12.2. The minimum Gasteiger partial charge on any atom is -0.351 e. The van der Waals surface area contributed by atoms with Gasteiger partial charge in [0.15, 0.2) is 0 Å². The van der Waals surface area contributed by atoms with E-state index < -0.39 is 0 Å². The lowest BCUT2D eigenvalue weighted by Gasteiger charge is -2.34. The van der Waals surface area contributed by atoms with Crippen molar-refractivity contribution in [1.29, 1.82) is 0 Å². The van der Waals surface area contributed by atoms with Gasteiger partial charge in [0.25, 0.3) is 0 Å². The molecule has 3 heterocycles. The van der Waals surface area contributed by atoms with Crippen molar-refractivity contribution in [2.24, 2.45) is 0 Å². The van der Waals surface area contributed by atoms with Gasteiger partial charge in [0.05, 0.1) is 11.0 Å². The summed E-state index contributed by atoms with van der Waals surface area (Å²) in [5.74, 6) is 0. The quantitative estimate of drug-likeness (QED) is 0.576. The summed E-state index contributed by atoms with van der Waals surface area (Å²) in [5.41, 5.74) is 2.76. The van der Waals surface area contributed by atoms with Crippen LogP contribution in [0.3, 0.4) is 0 Å². The molecule has 3 aromatic rings. The number of pyridine rings is 1. The van der Waals surface area contributed by atoms with Crippen LogP contribution in [0.5, 0.6) is 0 Å². The van der Waals surface area contributed by atoms with Gasteiger partial charge in [0, 0.05) is 17.3 Å². The Morgan fingerprint density at radius 2 is 1.88 bits per heavy atom. The first kappa shape index (κ1) is 15.8. The molecule has 1 saturated heterocycles. The van der Waals surface area contributed by atoms with Crippen LogP contribution in [0.2, 0.25) is 0 Å². The van der Waals surface area contributed by atoms with Crippen molar-refractivity contribution in [3.05, 3.63) is 70.2 Å². The number of hydrogen-bond acceptors (Lipinski definition) is 4. The van der Waals surface area contributed by atoms with Gasteiger partial charge in [-0.1, -0.05) is 36.8 Å². The number of piperidine rings is 1. The molecule has 1 aromatic carbocycles. The molecule has 128 valence electrons. The smallest absolute Gasteiger partial charge is 0.311 e. The summed E-state index contributed by atoms with van der Waals surface area (Å²) in [4.78, 5) is 20.7. The Bertz CT molecular complexity index is 885. The minimum absolute atomic E-state index is 0.0224. The van der Waals surface area contributed by atoms with Gasteiger partial charge in [-0.2, -0.15) is 0 Å². The molecular weight excluding hydrogens is 316 g/mol. The number of aromatic amines is 1. The highest BCUT2D eigenvalue weighted by Gasteiger charge is 2.26. The van der Waals surface area contributed by atoms with Crippen molar-refractivity contribution in [3.8, 4) is 0 Å². The van der Waals surface area contributed by atoms with Gasteiger partial charge >= 0.3 is 5.69 Å². The molecule has 1 fully saturated rings. The Labute approximate surface area is 145 Å². The largest absolute Gasteiger partial charge is 0.351 e. The van der Waals surface area contributed by atoms with Crippen LogP contribution in [0.1, 0.15) is 36.6 Å². The number of H-pyrrole nitrogens is 1. The highest BCUT2D eigenvalue weighted by atomic mass is 16.6. The molecule has 6 heteroatoms. The zero-order valence-corrected chi connectivity index (χ0v) is 13.9. The molecular formula is C19H20N4O2. The van der Waals surface area contributed by atoms with Crippen LogP contribution < -0.4 is 0 Å². The van der Waals surface area contributed by atoms with Gasteiger partial charge in [0.2, 0.25) is 0 Å². The van der Waals surface area contributed by atoms with Gasteiger partial charge in [0.1, 0.15) is 11.7 Å². The Morgan fingerprint density at radius 3 is 2.60 bits per heavy atom. The van der Waals surface area contributed by atoms with Crippen molar-refractivity contribution in [3.63, 3.8) is 0 Å². The fourth-order valence-electron chi connectivity index (χ4n) is 3.74. The van der Waals surface area contributed by atoms with Gasteiger partial charge in [-0.25, -0.2) is 0 Å². The Hall–Kier alpha value is -2.73. The van der Waals surface area contributed by atoms with Crippen LogP contribution in [-0.4, -0.2) is 32.9 Å². The number of nitrogens with zero attached hydrogens (tertiary/aromatic N) is 3. The summed E-state index contributed by atoms with van der Waals surface area (Å²) in [5, 5.41) is 12.1. The summed E-state index contributed by atoms with van der Waals surface area (Å²) in [7, 11) is 0. The van der Waals surface area contributed by atoms with E-state index in [-0.39, 0.29) is 16.7 Å². The second-order valence-electron chi connectivity index (χ2n) is 6.51. The Kier molecular flexibility index (Phi) is 4.19.